The van der Waals surface area contributed by atoms with Crippen molar-refractivity contribution >= 4 is 5.91 Å². The average Bonchev–Trinajstić information content (AvgIpc) is 2.58. The monoisotopic (exact) mass is 341 g/mol. The first-order valence-corrected chi connectivity index (χ1v) is 8.59. The summed E-state index contributed by atoms with van der Waals surface area (Å²) in [6.07, 6.45) is -0.554. The lowest BCUT2D eigenvalue weighted by molar-refractivity contribution is -0.127. The van der Waals surface area contributed by atoms with Crippen molar-refractivity contribution in [2.24, 2.45) is 0 Å². The molecular weight excluding hydrogens is 314 g/mol. The number of hydrogen-bond acceptors (Lipinski definition) is 3. The third-order valence-electron chi connectivity index (χ3n) is 4.23. The molecule has 0 unspecified atom stereocenters. The highest BCUT2D eigenvalue weighted by molar-refractivity contribution is 5.80. The SMILES string of the molecule is Cc1ccc(C)c(OCCNC(=O)[C@H](C)Oc2cccc(C)c2C)c1. The number of carbonyl (C=O) groups excluding carboxylic acids is 1. The highest BCUT2D eigenvalue weighted by Gasteiger charge is 2.15. The number of ether oxygens (including phenoxy) is 2. The molecule has 0 spiro atoms. The van der Waals surface area contributed by atoms with Gasteiger partial charge in [0.15, 0.2) is 6.10 Å². The maximum Gasteiger partial charge on any atom is 0.260 e. The van der Waals surface area contributed by atoms with Crippen molar-refractivity contribution in [3.05, 3.63) is 58.7 Å². The predicted octanol–water partition coefficient (Wildman–Crippen LogP) is 3.88. The molecule has 0 heterocycles. The van der Waals surface area contributed by atoms with Gasteiger partial charge in [0.25, 0.3) is 5.91 Å². The molecule has 1 N–H and O–H groups in total. The van der Waals surface area contributed by atoms with Gasteiger partial charge in [-0.1, -0.05) is 24.3 Å². The Morgan fingerprint density at radius 3 is 2.56 bits per heavy atom. The molecule has 134 valence electrons. The van der Waals surface area contributed by atoms with Crippen LogP contribution in [-0.2, 0) is 4.79 Å². The summed E-state index contributed by atoms with van der Waals surface area (Å²) in [4.78, 5) is 12.2. The number of amides is 1. The largest absolute Gasteiger partial charge is 0.491 e. The van der Waals surface area contributed by atoms with Gasteiger partial charge in [0.05, 0.1) is 6.54 Å². The molecule has 4 heteroatoms. The Balaban J connectivity index is 1.79. The van der Waals surface area contributed by atoms with Crippen molar-refractivity contribution in [2.45, 2.75) is 40.7 Å². The van der Waals surface area contributed by atoms with Crippen molar-refractivity contribution in [2.75, 3.05) is 13.2 Å². The maximum atomic E-state index is 12.2. The lowest BCUT2D eigenvalue weighted by atomic mass is 10.1. The van der Waals surface area contributed by atoms with Crippen LogP contribution >= 0.6 is 0 Å². The summed E-state index contributed by atoms with van der Waals surface area (Å²) >= 11 is 0. The Hall–Kier alpha value is -2.49. The molecule has 0 bridgehead atoms. The maximum absolute atomic E-state index is 12.2. The highest BCUT2D eigenvalue weighted by Crippen LogP contribution is 2.22. The number of aryl methyl sites for hydroxylation is 3. The molecule has 0 aliphatic rings. The van der Waals surface area contributed by atoms with Crippen molar-refractivity contribution in [3.63, 3.8) is 0 Å². The minimum absolute atomic E-state index is 0.148. The second-order valence-corrected chi connectivity index (χ2v) is 6.37. The van der Waals surface area contributed by atoms with Gasteiger partial charge in [-0.25, -0.2) is 0 Å². The zero-order chi connectivity index (χ0) is 18.4. The first-order chi connectivity index (χ1) is 11.9. The Bertz CT molecular complexity index is 740. The van der Waals surface area contributed by atoms with Crippen LogP contribution in [0.5, 0.6) is 11.5 Å². The molecular formula is C21H27NO3. The molecule has 2 rings (SSSR count). The molecule has 0 aliphatic heterocycles. The van der Waals surface area contributed by atoms with Crippen LogP contribution in [0.3, 0.4) is 0 Å². The van der Waals surface area contributed by atoms with Crippen LogP contribution in [0.25, 0.3) is 0 Å². The normalized spacial score (nSPS) is 11.7. The minimum Gasteiger partial charge on any atom is -0.491 e. The van der Waals surface area contributed by atoms with E-state index in [4.69, 9.17) is 9.47 Å². The molecule has 2 aromatic rings. The Kier molecular flexibility index (Phi) is 6.45. The van der Waals surface area contributed by atoms with Crippen molar-refractivity contribution in [1.82, 2.24) is 5.32 Å². The van der Waals surface area contributed by atoms with E-state index in [0.717, 1.165) is 33.8 Å². The minimum atomic E-state index is -0.554. The molecule has 4 nitrogen and oxygen atoms in total. The van der Waals surface area contributed by atoms with E-state index in [2.05, 4.69) is 11.4 Å². The third kappa shape index (κ3) is 5.24. The van der Waals surface area contributed by atoms with Gasteiger partial charge in [0.2, 0.25) is 0 Å². The zero-order valence-electron chi connectivity index (χ0n) is 15.7. The van der Waals surface area contributed by atoms with Crippen molar-refractivity contribution < 1.29 is 14.3 Å². The van der Waals surface area contributed by atoms with E-state index < -0.39 is 6.10 Å². The topological polar surface area (TPSA) is 47.6 Å². The van der Waals surface area contributed by atoms with E-state index in [9.17, 15) is 4.79 Å². The first kappa shape index (κ1) is 18.8. The quantitative estimate of drug-likeness (QED) is 0.778. The number of nitrogens with one attached hydrogen (secondary N) is 1. The van der Waals surface area contributed by atoms with Gasteiger partial charge in [-0.3, -0.25) is 4.79 Å². The fraction of sp³-hybridized carbons (Fsp3) is 0.381. The highest BCUT2D eigenvalue weighted by atomic mass is 16.5. The van der Waals surface area contributed by atoms with Gasteiger partial charge < -0.3 is 14.8 Å². The summed E-state index contributed by atoms with van der Waals surface area (Å²) in [6.45, 7) is 10.7. The van der Waals surface area contributed by atoms with Crippen LogP contribution in [0.4, 0.5) is 0 Å². The molecule has 0 saturated heterocycles. The van der Waals surface area contributed by atoms with Gasteiger partial charge in [-0.15, -0.1) is 0 Å². The Morgan fingerprint density at radius 2 is 1.80 bits per heavy atom. The summed E-state index contributed by atoms with van der Waals surface area (Å²) in [6, 6.07) is 11.9. The predicted molar refractivity (Wildman–Crippen MR) is 100 cm³/mol. The smallest absolute Gasteiger partial charge is 0.260 e. The second-order valence-electron chi connectivity index (χ2n) is 6.37. The molecule has 2 aromatic carbocycles. The van der Waals surface area contributed by atoms with E-state index in [1.54, 1.807) is 6.92 Å². The third-order valence-corrected chi connectivity index (χ3v) is 4.23. The molecule has 25 heavy (non-hydrogen) atoms. The van der Waals surface area contributed by atoms with Gasteiger partial charge in [-0.05, 0) is 69.0 Å². The molecule has 0 aliphatic carbocycles. The lowest BCUT2D eigenvalue weighted by Gasteiger charge is -2.17. The zero-order valence-corrected chi connectivity index (χ0v) is 15.7. The van der Waals surface area contributed by atoms with E-state index in [1.165, 1.54) is 0 Å². The summed E-state index contributed by atoms with van der Waals surface area (Å²) in [7, 11) is 0. The van der Waals surface area contributed by atoms with Gasteiger partial charge in [0.1, 0.15) is 18.1 Å². The fourth-order valence-corrected chi connectivity index (χ4v) is 2.44. The summed E-state index contributed by atoms with van der Waals surface area (Å²) < 4.78 is 11.5. The second kappa shape index (κ2) is 8.56. The van der Waals surface area contributed by atoms with Crippen LogP contribution in [0.15, 0.2) is 36.4 Å². The van der Waals surface area contributed by atoms with E-state index >= 15 is 0 Å². The number of benzene rings is 2. The Labute approximate surface area is 150 Å². The summed E-state index contributed by atoms with van der Waals surface area (Å²) in [5, 5.41) is 2.85. The fourth-order valence-electron chi connectivity index (χ4n) is 2.44. The average molecular weight is 341 g/mol. The van der Waals surface area contributed by atoms with E-state index in [1.807, 2.05) is 58.0 Å². The Morgan fingerprint density at radius 1 is 1.04 bits per heavy atom. The summed E-state index contributed by atoms with van der Waals surface area (Å²) in [5.41, 5.74) is 4.44. The summed E-state index contributed by atoms with van der Waals surface area (Å²) in [5.74, 6) is 1.45. The van der Waals surface area contributed by atoms with Crippen LogP contribution in [0.2, 0.25) is 0 Å². The van der Waals surface area contributed by atoms with Crippen molar-refractivity contribution in [3.8, 4) is 11.5 Å². The molecule has 0 fully saturated rings. The standard InChI is InChI=1S/C21H27NO3/c1-14-9-10-16(3)20(13-14)24-12-11-22-21(23)18(5)25-19-8-6-7-15(2)17(19)4/h6-10,13,18H,11-12H2,1-5H3,(H,22,23)/t18-/m0/s1. The molecule has 1 amide bonds. The van der Waals surface area contributed by atoms with Crippen LogP contribution in [0, 0.1) is 27.7 Å². The lowest BCUT2D eigenvalue weighted by Crippen LogP contribution is -2.38. The molecule has 1 atom stereocenters. The van der Waals surface area contributed by atoms with Gasteiger partial charge in [-0.2, -0.15) is 0 Å². The van der Waals surface area contributed by atoms with Crippen LogP contribution in [0.1, 0.15) is 29.2 Å². The van der Waals surface area contributed by atoms with E-state index in [0.29, 0.717) is 13.2 Å². The van der Waals surface area contributed by atoms with Crippen molar-refractivity contribution in [1.29, 1.82) is 0 Å². The first-order valence-electron chi connectivity index (χ1n) is 8.59. The number of rotatable bonds is 7. The molecule has 0 radical (unpaired) electrons. The molecule has 0 saturated carbocycles. The van der Waals surface area contributed by atoms with Crippen LogP contribution in [-0.4, -0.2) is 25.2 Å². The molecule has 0 aromatic heterocycles. The number of hydrogen-bond donors (Lipinski definition) is 1. The number of carbonyl (C=O) groups is 1. The van der Waals surface area contributed by atoms with Gasteiger partial charge in [0, 0.05) is 0 Å². The van der Waals surface area contributed by atoms with Crippen LogP contribution < -0.4 is 14.8 Å². The van der Waals surface area contributed by atoms with E-state index in [-0.39, 0.29) is 5.91 Å². The van der Waals surface area contributed by atoms with Gasteiger partial charge >= 0.3 is 0 Å².